The second kappa shape index (κ2) is 5.59. The highest BCUT2D eigenvalue weighted by molar-refractivity contribution is 6.09. The minimum atomic E-state index is -4.52. The maximum atomic E-state index is 12.7. The molecule has 116 valence electrons. The quantitative estimate of drug-likeness (QED) is 0.743. The van der Waals surface area contributed by atoms with Gasteiger partial charge in [-0.25, -0.2) is 0 Å². The van der Waals surface area contributed by atoms with E-state index in [4.69, 9.17) is 11.5 Å². The highest BCUT2D eigenvalue weighted by atomic mass is 19.4. The molecule has 0 atom stereocenters. The van der Waals surface area contributed by atoms with Crippen LogP contribution in [0, 0.1) is 6.92 Å². The van der Waals surface area contributed by atoms with Gasteiger partial charge in [0.25, 0.3) is 5.91 Å². The van der Waals surface area contributed by atoms with Gasteiger partial charge in [0.15, 0.2) is 0 Å². The van der Waals surface area contributed by atoms with Crippen molar-refractivity contribution in [3.63, 3.8) is 0 Å². The largest absolute Gasteiger partial charge is 0.416 e. The highest BCUT2D eigenvalue weighted by Crippen LogP contribution is 2.33. The van der Waals surface area contributed by atoms with Crippen molar-refractivity contribution in [2.45, 2.75) is 13.1 Å². The van der Waals surface area contributed by atoms with Crippen molar-refractivity contribution < 1.29 is 18.0 Å². The molecule has 1 amide bonds. The fraction of sp³-hybridized carbons (Fsp3) is 0.133. The van der Waals surface area contributed by atoms with Crippen LogP contribution in [0.3, 0.4) is 0 Å². The van der Waals surface area contributed by atoms with Crippen molar-refractivity contribution in [3.8, 4) is 0 Å². The number of halogens is 3. The Hall–Kier alpha value is -2.70. The van der Waals surface area contributed by atoms with Gasteiger partial charge >= 0.3 is 6.18 Å². The monoisotopic (exact) mass is 309 g/mol. The minimum Gasteiger partial charge on any atom is -0.398 e. The number of rotatable bonds is 2. The molecule has 2 aromatic carbocycles. The van der Waals surface area contributed by atoms with Crippen molar-refractivity contribution in [2.24, 2.45) is 0 Å². The Labute approximate surface area is 124 Å². The van der Waals surface area contributed by atoms with Crippen LogP contribution in [0.1, 0.15) is 21.5 Å². The number of nitrogen functional groups attached to an aromatic ring is 2. The Balaban J connectivity index is 2.34. The topological polar surface area (TPSA) is 81.1 Å². The Morgan fingerprint density at radius 1 is 1.05 bits per heavy atom. The van der Waals surface area contributed by atoms with Crippen LogP contribution in [-0.4, -0.2) is 5.91 Å². The summed E-state index contributed by atoms with van der Waals surface area (Å²) >= 11 is 0. The number of carbonyl (C=O) groups excluding carboxylic acids is 1. The van der Waals surface area contributed by atoms with Crippen LogP contribution in [-0.2, 0) is 6.18 Å². The van der Waals surface area contributed by atoms with Gasteiger partial charge in [0.1, 0.15) is 0 Å². The number of aryl methyl sites for hydroxylation is 1. The Bertz CT molecular complexity index is 726. The molecule has 0 aromatic heterocycles. The lowest BCUT2D eigenvalue weighted by Gasteiger charge is -2.13. The lowest BCUT2D eigenvalue weighted by atomic mass is 10.1. The third-order valence-corrected chi connectivity index (χ3v) is 3.08. The van der Waals surface area contributed by atoms with Gasteiger partial charge in [-0.3, -0.25) is 4.79 Å². The summed E-state index contributed by atoms with van der Waals surface area (Å²) in [5.74, 6) is -0.618. The number of nitrogens with two attached hydrogens (primary N) is 2. The Morgan fingerprint density at radius 2 is 1.68 bits per heavy atom. The molecule has 0 unspecified atom stereocenters. The maximum Gasteiger partial charge on any atom is 0.416 e. The van der Waals surface area contributed by atoms with Gasteiger partial charge in [-0.15, -0.1) is 0 Å². The molecule has 2 aromatic rings. The molecular formula is C15H14F3N3O. The molecule has 0 aliphatic rings. The lowest BCUT2D eigenvalue weighted by Crippen LogP contribution is -2.16. The molecule has 7 heteroatoms. The van der Waals surface area contributed by atoms with E-state index in [9.17, 15) is 18.0 Å². The van der Waals surface area contributed by atoms with E-state index in [0.29, 0.717) is 0 Å². The first kappa shape index (κ1) is 15.7. The van der Waals surface area contributed by atoms with Crippen molar-refractivity contribution in [3.05, 3.63) is 53.1 Å². The zero-order chi connectivity index (χ0) is 16.5. The van der Waals surface area contributed by atoms with Crippen LogP contribution in [0.25, 0.3) is 0 Å². The number of nitrogens with one attached hydrogen (secondary N) is 1. The molecule has 0 saturated heterocycles. The summed E-state index contributed by atoms with van der Waals surface area (Å²) in [6.45, 7) is 1.77. The van der Waals surface area contributed by atoms with E-state index >= 15 is 0 Å². The van der Waals surface area contributed by atoms with Crippen LogP contribution in [0.5, 0.6) is 0 Å². The van der Waals surface area contributed by atoms with Gasteiger partial charge in [-0.2, -0.15) is 13.2 Å². The van der Waals surface area contributed by atoms with Crippen LogP contribution >= 0.6 is 0 Å². The number of hydrogen-bond acceptors (Lipinski definition) is 3. The minimum absolute atomic E-state index is 0.0348. The smallest absolute Gasteiger partial charge is 0.398 e. The molecular weight excluding hydrogens is 295 g/mol. The summed E-state index contributed by atoms with van der Waals surface area (Å²) in [5, 5.41) is 2.36. The van der Waals surface area contributed by atoms with Gasteiger partial charge < -0.3 is 16.8 Å². The second-order valence-electron chi connectivity index (χ2n) is 4.84. The van der Waals surface area contributed by atoms with E-state index in [2.05, 4.69) is 5.32 Å². The third kappa shape index (κ3) is 3.30. The summed E-state index contributed by atoms with van der Waals surface area (Å²) in [5.41, 5.74) is 11.6. The van der Waals surface area contributed by atoms with Crippen LogP contribution in [0.15, 0.2) is 36.4 Å². The van der Waals surface area contributed by atoms with E-state index in [1.54, 1.807) is 25.1 Å². The fourth-order valence-electron chi connectivity index (χ4n) is 1.90. The van der Waals surface area contributed by atoms with Crippen molar-refractivity contribution in [1.29, 1.82) is 0 Å². The Kier molecular flexibility index (Phi) is 3.99. The lowest BCUT2D eigenvalue weighted by molar-refractivity contribution is -0.137. The molecule has 5 N–H and O–H groups in total. The average Bonchev–Trinajstić information content (AvgIpc) is 2.42. The summed E-state index contributed by atoms with van der Waals surface area (Å²) in [6, 6.07) is 7.57. The van der Waals surface area contributed by atoms with Gasteiger partial charge in [0.2, 0.25) is 0 Å². The fourth-order valence-corrected chi connectivity index (χ4v) is 1.90. The number of benzene rings is 2. The third-order valence-electron chi connectivity index (χ3n) is 3.08. The van der Waals surface area contributed by atoms with Crippen LogP contribution in [0.4, 0.5) is 30.2 Å². The van der Waals surface area contributed by atoms with E-state index in [1.807, 2.05) is 0 Å². The zero-order valence-corrected chi connectivity index (χ0v) is 11.7. The normalized spacial score (nSPS) is 11.3. The first-order chi connectivity index (χ1) is 10.2. The van der Waals surface area contributed by atoms with Crippen LogP contribution in [0.2, 0.25) is 0 Å². The number of amides is 1. The van der Waals surface area contributed by atoms with Gasteiger partial charge in [0.05, 0.1) is 22.5 Å². The molecule has 0 aliphatic carbocycles. The molecule has 22 heavy (non-hydrogen) atoms. The number of alkyl halides is 3. The summed E-state index contributed by atoms with van der Waals surface area (Å²) < 4.78 is 38.1. The molecule has 0 bridgehead atoms. The number of carbonyl (C=O) groups is 1. The molecule has 0 spiro atoms. The number of anilines is 3. The van der Waals surface area contributed by atoms with E-state index < -0.39 is 17.6 Å². The average molecular weight is 309 g/mol. The van der Waals surface area contributed by atoms with Crippen molar-refractivity contribution >= 4 is 23.0 Å². The molecule has 0 aliphatic heterocycles. The second-order valence-corrected chi connectivity index (χ2v) is 4.84. The van der Waals surface area contributed by atoms with Gasteiger partial charge in [0, 0.05) is 5.69 Å². The standard InChI is InChI=1S/C15H14F3N3O/c1-8-2-4-11(19)10(6-8)14(22)21-13-7-9(15(16,17)18)3-5-12(13)20/h2-7H,19-20H2,1H3,(H,21,22). The molecule has 4 nitrogen and oxygen atoms in total. The maximum absolute atomic E-state index is 12.7. The van der Waals surface area contributed by atoms with Crippen molar-refractivity contribution in [2.75, 3.05) is 16.8 Å². The molecule has 0 heterocycles. The molecule has 0 saturated carbocycles. The van der Waals surface area contributed by atoms with E-state index in [-0.39, 0.29) is 22.6 Å². The van der Waals surface area contributed by atoms with Crippen molar-refractivity contribution in [1.82, 2.24) is 0 Å². The first-order valence-electron chi connectivity index (χ1n) is 6.32. The zero-order valence-electron chi connectivity index (χ0n) is 11.7. The summed E-state index contributed by atoms with van der Waals surface area (Å²) in [4.78, 5) is 12.2. The predicted octanol–water partition coefficient (Wildman–Crippen LogP) is 3.43. The molecule has 2 rings (SSSR count). The molecule has 0 fully saturated rings. The van der Waals surface area contributed by atoms with Gasteiger partial charge in [-0.05, 0) is 37.3 Å². The van der Waals surface area contributed by atoms with Crippen LogP contribution < -0.4 is 16.8 Å². The summed E-state index contributed by atoms with van der Waals surface area (Å²) in [6.07, 6.45) is -4.52. The highest BCUT2D eigenvalue weighted by Gasteiger charge is 2.31. The predicted molar refractivity (Wildman–Crippen MR) is 79.4 cm³/mol. The number of hydrogen-bond donors (Lipinski definition) is 3. The summed E-state index contributed by atoms with van der Waals surface area (Å²) in [7, 11) is 0. The molecule has 0 radical (unpaired) electrons. The first-order valence-corrected chi connectivity index (χ1v) is 6.32. The SMILES string of the molecule is Cc1ccc(N)c(C(=O)Nc2cc(C(F)(F)F)ccc2N)c1. The van der Waals surface area contributed by atoms with E-state index in [0.717, 1.165) is 23.8 Å². The van der Waals surface area contributed by atoms with Gasteiger partial charge in [-0.1, -0.05) is 11.6 Å². The van der Waals surface area contributed by atoms with E-state index in [1.165, 1.54) is 0 Å². The Morgan fingerprint density at radius 3 is 2.32 bits per heavy atom.